The lowest BCUT2D eigenvalue weighted by Gasteiger charge is -2.20. The van der Waals surface area contributed by atoms with E-state index in [4.69, 9.17) is 9.72 Å². The number of nitrogens with one attached hydrogen (secondary N) is 1. The van der Waals surface area contributed by atoms with Crippen molar-refractivity contribution in [2.24, 2.45) is 0 Å². The van der Waals surface area contributed by atoms with Crippen molar-refractivity contribution in [2.45, 2.75) is 39.8 Å². The summed E-state index contributed by atoms with van der Waals surface area (Å²) in [6, 6.07) is 15.8. The van der Waals surface area contributed by atoms with Crippen LogP contribution in [0.5, 0.6) is 0 Å². The van der Waals surface area contributed by atoms with Crippen molar-refractivity contribution in [3.8, 4) is 17.5 Å². The first-order valence-electron chi connectivity index (χ1n) is 12.7. The fourth-order valence-corrected chi connectivity index (χ4v) is 4.54. The lowest BCUT2D eigenvalue weighted by atomic mass is 10.1. The fourth-order valence-electron chi connectivity index (χ4n) is 4.54. The Hall–Kier alpha value is -4.81. The average molecular weight is 521 g/mol. The van der Waals surface area contributed by atoms with Gasteiger partial charge in [-0.1, -0.05) is 36.1 Å². The second-order valence-corrected chi connectivity index (χ2v) is 9.06. The van der Waals surface area contributed by atoms with Gasteiger partial charge < -0.3 is 10.1 Å². The third kappa shape index (κ3) is 5.02. The highest BCUT2D eigenvalue weighted by atomic mass is 16.5. The predicted octanol–water partition coefficient (Wildman–Crippen LogP) is 4.00. The van der Waals surface area contributed by atoms with E-state index in [1.807, 2.05) is 50.2 Å². The van der Waals surface area contributed by atoms with Gasteiger partial charge in [-0.3, -0.25) is 14.2 Å². The number of para-hydroxylation sites is 1. The van der Waals surface area contributed by atoms with E-state index in [0.29, 0.717) is 51.5 Å². The highest BCUT2D eigenvalue weighted by Gasteiger charge is 2.24. The molecule has 0 bridgehead atoms. The molecule has 9 nitrogen and oxygen atoms in total. The smallest absolute Gasteiger partial charge is 0.267 e. The van der Waals surface area contributed by atoms with Gasteiger partial charge >= 0.3 is 0 Å². The Morgan fingerprint density at radius 1 is 1.10 bits per heavy atom. The van der Waals surface area contributed by atoms with E-state index in [0.717, 1.165) is 0 Å². The van der Waals surface area contributed by atoms with Crippen molar-refractivity contribution in [3.63, 3.8) is 0 Å². The molecule has 9 heteroatoms. The number of hydrogen-bond acceptors (Lipinski definition) is 6. The standard InChI is InChI=1S/C30H28N6O3/c1-5-39-19(2)15-16-22-11-9-14-24-26(22)30(38)36(23-12-7-6-8-13-23)27(33-24)21(4)32-29(37)25-20(3)34-35-18-10-17-31-28(25)35/h6-14,17-19,21H,5H2,1-4H3,(H,32,37)/t19?,21-/m1/s1. The van der Waals surface area contributed by atoms with Crippen LogP contribution in [0.15, 0.2) is 71.8 Å². The Bertz CT molecular complexity index is 1800. The van der Waals surface area contributed by atoms with Gasteiger partial charge in [0.05, 0.1) is 28.3 Å². The number of amides is 1. The fraction of sp³-hybridized carbons (Fsp3) is 0.233. The number of benzene rings is 2. The van der Waals surface area contributed by atoms with E-state index >= 15 is 0 Å². The SMILES string of the molecule is CCOC(C)C#Cc1cccc2nc([C@@H](C)NC(=O)c3c(C)nn4cccnc34)n(-c3ccccc3)c(=O)c12. The molecule has 39 heavy (non-hydrogen) atoms. The summed E-state index contributed by atoms with van der Waals surface area (Å²) in [5.41, 5.74) is 2.80. The van der Waals surface area contributed by atoms with E-state index < -0.39 is 6.04 Å². The average Bonchev–Trinajstić information content (AvgIpc) is 3.28. The van der Waals surface area contributed by atoms with Crippen LogP contribution in [-0.2, 0) is 4.74 Å². The van der Waals surface area contributed by atoms with E-state index in [1.165, 1.54) is 4.57 Å². The number of nitrogens with zero attached hydrogens (tertiary/aromatic N) is 5. The van der Waals surface area contributed by atoms with Gasteiger partial charge in [0, 0.05) is 24.6 Å². The number of aryl methyl sites for hydroxylation is 1. The van der Waals surface area contributed by atoms with Gasteiger partial charge in [0.25, 0.3) is 11.5 Å². The van der Waals surface area contributed by atoms with E-state index in [1.54, 1.807) is 49.0 Å². The summed E-state index contributed by atoms with van der Waals surface area (Å²) in [5, 5.41) is 7.79. The van der Waals surface area contributed by atoms with Crippen molar-refractivity contribution in [1.29, 1.82) is 0 Å². The number of carbonyl (C=O) groups excluding carboxylic acids is 1. The van der Waals surface area contributed by atoms with Crippen LogP contribution in [0.25, 0.3) is 22.2 Å². The van der Waals surface area contributed by atoms with Gasteiger partial charge in [0.15, 0.2) is 5.65 Å². The second-order valence-electron chi connectivity index (χ2n) is 9.06. The predicted molar refractivity (Wildman–Crippen MR) is 149 cm³/mol. The molecule has 1 N–H and O–H groups in total. The van der Waals surface area contributed by atoms with Gasteiger partial charge in [-0.15, -0.1) is 0 Å². The lowest BCUT2D eigenvalue weighted by molar-refractivity contribution is 0.0938. The van der Waals surface area contributed by atoms with Gasteiger partial charge in [0.1, 0.15) is 17.5 Å². The van der Waals surface area contributed by atoms with E-state index in [9.17, 15) is 9.59 Å². The summed E-state index contributed by atoms with van der Waals surface area (Å²) in [6.07, 6.45) is 3.08. The third-order valence-corrected chi connectivity index (χ3v) is 6.30. The Morgan fingerprint density at radius 2 is 1.90 bits per heavy atom. The van der Waals surface area contributed by atoms with Gasteiger partial charge in [-0.25, -0.2) is 14.5 Å². The zero-order chi connectivity index (χ0) is 27.5. The quantitative estimate of drug-likeness (QED) is 0.340. The molecule has 0 fully saturated rings. The molecule has 0 spiro atoms. The van der Waals surface area contributed by atoms with Crippen LogP contribution in [-0.4, -0.2) is 42.8 Å². The molecule has 0 saturated carbocycles. The highest BCUT2D eigenvalue weighted by Crippen LogP contribution is 2.21. The molecule has 0 radical (unpaired) electrons. The minimum absolute atomic E-state index is 0.273. The van der Waals surface area contributed by atoms with Crippen LogP contribution in [0.2, 0.25) is 0 Å². The van der Waals surface area contributed by atoms with Crippen molar-refractivity contribution >= 4 is 22.5 Å². The van der Waals surface area contributed by atoms with Gasteiger partial charge in [-0.05, 0) is 58.0 Å². The number of rotatable bonds is 6. The maximum atomic E-state index is 14.1. The maximum Gasteiger partial charge on any atom is 0.267 e. The summed E-state index contributed by atoms with van der Waals surface area (Å²) in [6.45, 7) is 7.88. The normalized spacial score (nSPS) is 12.6. The number of hydrogen-bond donors (Lipinski definition) is 1. The third-order valence-electron chi connectivity index (χ3n) is 6.30. The second kappa shape index (κ2) is 10.9. The summed E-state index contributed by atoms with van der Waals surface area (Å²) in [5.74, 6) is 6.19. The summed E-state index contributed by atoms with van der Waals surface area (Å²) in [4.78, 5) is 36.7. The molecular weight excluding hydrogens is 492 g/mol. The summed E-state index contributed by atoms with van der Waals surface area (Å²) >= 11 is 0. The Kier molecular flexibility index (Phi) is 7.21. The Morgan fingerprint density at radius 3 is 2.67 bits per heavy atom. The molecule has 1 unspecified atom stereocenters. The number of fused-ring (bicyclic) bond motifs is 2. The van der Waals surface area contributed by atoms with Crippen LogP contribution >= 0.6 is 0 Å². The van der Waals surface area contributed by atoms with Crippen molar-refractivity contribution < 1.29 is 9.53 Å². The van der Waals surface area contributed by atoms with Crippen LogP contribution < -0.4 is 10.9 Å². The van der Waals surface area contributed by atoms with Crippen molar-refractivity contribution in [1.82, 2.24) is 29.5 Å². The summed E-state index contributed by atoms with van der Waals surface area (Å²) in [7, 11) is 0. The molecule has 5 aromatic rings. The van der Waals surface area contributed by atoms with Crippen molar-refractivity contribution in [3.05, 3.63) is 100.0 Å². The molecule has 2 atom stereocenters. The topological polar surface area (TPSA) is 103 Å². The minimum Gasteiger partial charge on any atom is -0.366 e. The molecule has 0 aliphatic rings. The van der Waals surface area contributed by atoms with Crippen LogP contribution in [0.3, 0.4) is 0 Å². The molecule has 0 saturated heterocycles. The molecule has 1 amide bonds. The number of aromatic nitrogens is 5. The van der Waals surface area contributed by atoms with Gasteiger partial charge in [-0.2, -0.15) is 5.10 Å². The molecular formula is C30H28N6O3. The Balaban J connectivity index is 1.63. The molecule has 196 valence electrons. The molecule has 3 aromatic heterocycles. The molecule has 0 aliphatic heterocycles. The first-order valence-corrected chi connectivity index (χ1v) is 12.7. The monoisotopic (exact) mass is 520 g/mol. The summed E-state index contributed by atoms with van der Waals surface area (Å²) < 4.78 is 8.63. The number of ether oxygens (including phenoxy) is 1. The first kappa shape index (κ1) is 25.8. The lowest BCUT2D eigenvalue weighted by Crippen LogP contribution is -2.33. The largest absolute Gasteiger partial charge is 0.366 e. The zero-order valence-electron chi connectivity index (χ0n) is 22.2. The van der Waals surface area contributed by atoms with Crippen LogP contribution in [0.4, 0.5) is 0 Å². The maximum absolute atomic E-state index is 14.1. The van der Waals surface area contributed by atoms with Crippen LogP contribution in [0.1, 0.15) is 54.3 Å². The molecule has 0 aliphatic carbocycles. The highest BCUT2D eigenvalue weighted by molar-refractivity contribution is 6.01. The van der Waals surface area contributed by atoms with E-state index in [-0.39, 0.29) is 17.6 Å². The van der Waals surface area contributed by atoms with Gasteiger partial charge in [0.2, 0.25) is 0 Å². The Labute approximate surface area is 225 Å². The number of carbonyl (C=O) groups is 1. The first-order chi connectivity index (χ1) is 18.9. The van der Waals surface area contributed by atoms with Crippen LogP contribution in [0, 0.1) is 18.8 Å². The molecule has 5 rings (SSSR count). The molecule has 3 heterocycles. The zero-order valence-corrected chi connectivity index (χ0v) is 22.2. The molecule has 2 aromatic carbocycles. The minimum atomic E-state index is -0.624. The van der Waals surface area contributed by atoms with Crippen molar-refractivity contribution in [2.75, 3.05) is 6.61 Å². The van der Waals surface area contributed by atoms with E-state index in [2.05, 4.69) is 27.2 Å².